The SMILES string of the molecule is c1ccc(-n2c3ccccc3c3ccc4c5ccccc5n(-c5ccc6c(c5)sc5cc(-c7cccc8c7oc7ccccc78)ccc56)c4c32)cc1. The standard InChI is InChI=1S/C48H28N2OS/c1-2-11-30(12-3-1)49-41-18-7-4-13-33(41)38-25-26-39-34-14-5-8-19-42(34)50(47(39)46(38)49)31-22-24-37-36-23-21-29(27-44(36)52-45(37)28-31)32-16-10-17-40-35-15-6-9-20-43(35)51-48(32)40/h1-28H. The highest BCUT2D eigenvalue weighted by Crippen LogP contribution is 2.44. The monoisotopic (exact) mass is 680 g/mol. The lowest BCUT2D eigenvalue weighted by atomic mass is 10.0. The lowest BCUT2D eigenvalue weighted by molar-refractivity contribution is 0.670. The van der Waals surface area contributed by atoms with E-state index in [1.54, 1.807) is 0 Å². The molecule has 4 heterocycles. The van der Waals surface area contributed by atoms with Crippen molar-refractivity contribution in [3.05, 3.63) is 170 Å². The van der Waals surface area contributed by atoms with Crippen molar-refractivity contribution in [3.8, 4) is 22.5 Å². The van der Waals surface area contributed by atoms with E-state index in [-0.39, 0.29) is 0 Å². The summed E-state index contributed by atoms with van der Waals surface area (Å²) in [6.07, 6.45) is 0. The highest BCUT2D eigenvalue weighted by atomic mass is 32.1. The van der Waals surface area contributed by atoms with Gasteiger partial charge in [0.05, 0.1) is 22.1 Å². The van der Waals surface area contributed by atoms with Crippen molar-refractivity contribution < 1.29 is 4.42 Å². The third kappa shape index (κ3) is 3.79. The van der Waals surface area contributed by atoms with Crippen molar-refractivity contribution in [1.82, 2.24) is 9.13 Å². The zero-order chi connectivity index (χ0) is 33.9. The van der Waals surface area contributed by atoms with Crippen LogP contribution in [0.4, 0.5) is 0 Å². The predicted molar refractivity (Wildman–Crippen MR) is 221 cm³/mol. The molecule has 4 aromatic heterocycles. The summed E-state index contributed by atoms with van der Waals surface area (Å²) in [5.74, 6) is 0. The van der Waals surface area contributed by atoms with E-state index in [9.17, 15) is 0 Å². The summed E-state index contributed by atoms with van der Waals surface area (Å²) in [7, 11) is 0. The maximum absolute atomic E-state index is 6.42. The van der Waals surface area contributed by atoms with Gasteiger partial charge in [-0.05, 0) is 54.1 Å². The molecule has 0 aliphatic rings. The predicted octanol–water partition coefficient (Wildman–Crippen LogP) is 13.8. The van der Waals surface area contributed by atoms with Crippen LogP contribution in [0.3, 0.4) is 0 Å². The number of fused-ring (bicyclic) bond motifs is 13. The van der Waals surface area contributed by atoms with Gasteiger partial charge in [0.2, 0.25) is 0 Å². The Morgan fingerprint density at radius 2 is 0.962 bits per heavy atom. The first-order chi connectivity index (χ1) is 25.8. The maximum atomic E-state index is 6.42. The Morgan fingerprint density at radius 3 is 1.71 bits per heavy atom. The molecule has 0 spiro atoms. The van der Waals surface area contributed by atoms with Crippen LogP contribution in [-0.4, -0.2) is 9.13 Å². The number of nitrogens with zero attached hydrogens (tertiary/aromatic N) is 2. The molecule has 3 nitrogen and oxygen atoms in total. The average molecular weight is 681 g/mol. The van der Waals surface area contributed by atoms with E-state index in [0.717, 1.165) is 38.9 Å². The molecule has 0 saturated heterocycles. The van der Waals surface area contributed by atoms with Crippen molar-refractivity contribution in [3.63, 3.8) is 0 Å². The van der Waals surface area contributed by atoms with E-state index in [0.29, 0.717) is 0 Å². The third-order valence-corrected chi connectivity index (χ3v) is 12.0. The molecule has 0 atom stereocenters. The third-order valence-electron chi connectivity index (χ3n) is 10.9. The Bertz CT molecular complexity index is 3410. The smallest absolute Gasteiger partial charge is 0.143 e. The number of aromatic nitrogens is 2. The number of hydrogen-bond donors (Lipinski definition) is 0. The maximum Gasteiger partial charge on any atom is 0.143 e. The molecule has 0 bridgehead atoms. The first kappa shape index (κ1) is 28.1. The van der Waals surface area contributed by atoms with E-state index >= 15 is 0 Å². The van der Waals surface area contributed by atoms with Gasteiger partial charge in [0, 0.05) is 69.4 Å². The zero-order valence-electron chi connectivity index (χ0n) is 27.9. The molecule has 242 valence electrons. The van der Waals surface area contributed by atoms with Crippen molar-refractivity contribution in [2.24, 2.45) is 0 Å². The van der Waals surface area contributed by atoms with Gasteiger partial charge >= 0.3 is 0 Å². The Kier molecular flexibility index (Phi) is 5.65. The molecule has 4 heteroatoms. The minimum atomic E-state index is 0.923. The van der Waals surface area contributed by atoms with Gasteiger partial charge in [-0.15, -0.1) is 11.3 Å². The van der Waals surface area contributed by atoms with Crippen LogP contribution in [0.15, 0.2) is 174 Å². The van der Waals surface area contributed by atoms with Crippen molar-refractivity contribution in [2.45, 2.75) is 0 Å². The van der Waals surface area contributed by atoms with Crippen LogP contribution >= 0.6 is 11.3 Å². The molecule has 8 aromatic carbocycles. The molecular formula is C48H28N2OS. The fourth-order valence-electron chi connectivity index (χ4n) is 8.66. The summed E-state index contributed by atoms with van der Waals surface area (Å²) < 4.78 is 13.9. The van der Waals surface area contributed by atoms with Crippen molar-refractivity contribution in [1.29, 1.82) is 0 Å². The lowest BCUT2D eigenvalue weighted by Crippen LogP contribution is -1.98. The summed E-state index contributed by atoms with van der Waals surface area (Å²) in [5.41, 5.74) is 11.3. The van der Waals surface area contributed by atoms with Gasteiger partial charge in [-0.3, -0.25) is 0 Å². The number of rotatable bonds is 3. The summed E-state index contributed by atoms with van der Waals surface area (Å²) in [6.45, 7) is 0. The van der Waals surface area contributed by atoms with Crippen molar-refractivity contribution >= 4 is 97.1 Å². The molecule has 12 rings (SSSR count). The van der Waals surface area contributed by atoms with E-state index < -0.39 is 0 Å². The molecule has 0 saturated carbocycles. The first-order valence-electron chi connectivity index (χ1n) is 17.7. The molecule has 52 heavy (non-hydrogen) atoms. The van der Waals surface area contributed by atoms with Crippen LogP contribution in [0.2, 0.25) is 0 Å². The molecule has 12 aromatic rings. The summed E-state index contributed by atoms with van der Waals surface area (Å²) in [6, 6.07) is 61.7. The highest BCUT2D eigenvalue weighted by molar-refractivity contribution is 7.25. The normalized spacial score (nSPS) is 12.2. The van der Waals surface area contributed by atoms with E-state index in [4.69, 9.17) is 4.42 Å². The number of benzene rings is 8. The Morgan fingerprint density at radius 1 is 0.385 bits per heavy atom. The van der Waals surface area contributed by atoms with Gasteiger partial charge in [-0.2, -0.15) is 0 Å². The molecule has 0 fully saturated rings. The highest BCUT2D eigenvalue weighted by Gasteiger charge is 2.21. The Balaban J connectivity index is 1.11. The van der Waals surface area contributed by atoms with Crippen LogP contribution in [0.1, 0.15) is 0 Å². The van der Waals surface area contributed by atoms with Gasteiger partial charge in [0.1, 0.15) is 11.2 Å². The fourth-order valence-corrected chi connectivity index (χ4v) is 9.84. The largest absolute Gasteiger partial charge is 0.455 e. The number of thiophene rings is 1. The number of furan rings is 1. The van der Waals surface area contributed by atoms with Gasteiger partial charge in [0.15, 0.2) is 0 Å². The second kappa shape index (κ2) is 10.5. The molecule has 0 aliphatic carbocycles. The number of para-hydroxylation sites is 5. The Hall–Kier alpha value is -6.62. The molecular weight excluding hydrogens is 653 g/mol. The fraction of sp³-hybridized carbons (Fsp3) is 0. The van der Waals surface area contributed by atoms with E-state index in [2.05, 4.69) is 173 Å². The molecule has 0 amide bonds. The summed E-state index contributed by atoms with van der Waals surface area (Å²) >= 11 is 1.86. The molecule has 0 unspecified atom stereocenters. The summed E-state index contributed by atoms with van der Waals surface area (Å²) in [4.78, 5) is 0. The molecule has 0 radical (unpaired) electrons. The van der Waals surface area contributed by atoms with Crippen LogP contribution in [0.25, 0.3) is 108 Å². The van der Waals surface area contributed by atoms with E-state index in [1.165, 1.54) is 69.3 Å². The zero-order valence-corrected chi connectivity index (χ0v) is 28.7. The van der Waals surface area contributed by atoms with Crippen LogP contribution in [-0.2, 0) is 0 Å². The molecule has 0 aliphatic heterocycles. The van der Waals surface area contributed by atoms with Gasteiger partial charge in [-0.25, -0.2) is 0 Å². The second-order valence-corrected chi connectivity index (χ2v) is 14.8. The topological polar surface area (TPSA) is 23.0 Å². The van der Waals surface area contributed by atoms with Gasteiger partial charge < -0.3 is 13.6 Å². The minimum absolute atomic E-state index is 0.923. The average Bonchev–Trinajstić information content (AvgIpc) is 3.95. The Labute approximate surface area is 301 Å². The molecule has 0 N–H and O–H groups in total. The van der Waals surface area contributed by atoms with Crippen LogP contribution < -0.4 is 0 Å². The first-order valence-corrected chi connectivity index (χ1v) is 18.5. The second-order valence-electron chi connectivity index (χ2n) is 13.7. The van der Waals surface area contributed by atoms with E-state index in [1.807, 2.05) is 17.4 Å². The van der Waals surface area contributed by atoms with Crippen molar-refractivity contribution in [2.75, 3.05) is 0 Å². The van der Waals surface area contributed by atoms with Crippen LogP contribution in [0.5, 0.6) is 0 Å². The summed E-state index contributed by atoms with van der Waals surface area (Å²) in [5, 5.41) is 9.89. The lowest BCUT2D eigenvalue weighted by Gasteiger charge is -2.12. The minimum Gasteiger partial charge on any atom is -0.455 e. The van der Waals surface area contributed by atoms with Gasteiger partial charge in [-0.1, -0.05) is 121 Å². The van der Waals surface area contributed by atoms with Gasteiger partial charge in [0.25, 0.3) is 0 Å². The number of hydrogen-bond acceptors (Lipinski definition) is 2. The van der Waals surface area contributed by atoms with Crippen LogP contribution in [0, 0.1) is 0 Å². The quantitative estimate of drug-likeness (QED) is 0.182.